The number of benzene rings is 1. The normalized spacial score (nSPS) is 14.2. The first kappa shape index (κ1) is 15.8. The number of rotatable bonds is 6. The molecule has 0 spiro atoms. The smallest absolute Gasteiger partial charge is 0.303 e. The summed E-state index contributed by atoms with van der Waals surface area (Å²) in [5, 5.41) is 12.4. The fourth-order valence-corrected chi connectivity index (χ4v) is 2.63. The molecule has 0 fully saturated rings. The van der Waals surface area contributed by atoms with Gasteiger partial charge in [-0.15, -0.1) is 12.4 Å². The SMILES string of the molecule is CCCC[C@H](CC(=O)O)c1ccc2c(c1)CCN2.Cl. The van der Waals surface area contributed by atoms with Gasteiger partial charge in [-0.1, -0.05) is 31.9 Å². The number of aliphatic carboxylic acids is 1. The van der Waals surface area contributed by atoms with Crippen LogP contribution < -0.4 is 5.32 Å². The molecule has 1 aromatic carbocycles. The van der Waals surface area contributed by atoms with Crippen LogP contribution in [0.25, 0.3) is 0 Å². The molecule has 2 N–H and O–H groups in total. The lowest BCUT2D eigenvalue weighted by Gasteiger charge is -2.16. The van der Waals surface area contributed by atoms with Crippen molar-refractivity contribution in [2.45, 2.75) is 44.9 Å². The summed E-state index contributed by atoms with van der Waals surface area (Å²) < 4.78 is 0. The molecule has 1 aromatic rings. The second-order valence-corrected chi connectivity index (χ2v) is 5.03. The van der Waals surface area contributed by atoms with Gasteiger partial charge in [0.25, 0.3) is 0 Å². The number of unbranched alkanes of at least 4 members (excludes halogenated alkanes) is 1. The molecule has 0 aromatic heterocycles. The van der Waals surface area contributed by atoms with E-state index < -0.39 is 5.97 Å². The van der Waals surface area contributed by atoms with Gasteiger partial charge in [-0.25, -0.2) is 0 Å². The summed E-state index contributed by atoms with van der Waals surface area (Å²) in [6.45, 7) is 3.14. The molecule has 2 rings (SSSR count). The first-order valence-corrected chi connectivity index (χ1v) is 6.79. The van der Waals surface area contributed by atoms with E-state index in [2.05, 4.69) is 30.4 Å². The number of carbonyl (C=O) groups is 1. The van der Waals surface area contributed by atoms with Crippen LogP contribution in [0, 0.1) is 0 Å². The molecule has 106 valence electrons. The quantitative estimate of drug-likeness (QED) is 0.834. The van der Waals surface area contributed by atoms with Gasteiger partial charge in [0.15, 0.2) is 0 Å². The highest BCUT2D eigenvalue weighted by molar-refractivity contribution is 5.85. The summed E-state index contributed by atoms with van der Waals surface area (Å²) in [4.78, 5) is 11.0. The van der Waals surface area contributed by atoms with Crippen molar-refractivity contribution in [3.05, 3.63) is 29.3 Å². The summed E-state index contributed by atoms with van der Waals surface area (Å²) in [7, 11) is 0. The number of nitrogens with one attached hydrogen (secondary N) is 1. The number of carboxylic acid groups (broad SMARTS) is 1. The van der Waals surface area contributed by atoms with Gasteiger partial charge in [-0.3, -0.25) is 4.79 Å². The summed E-state index contributed by atoms with van der Waals surface area (Å²) in [6, 6.07) is 6.37. The molecule has 19 heavy (non-hydrogen) atoms. The average molecular weight is 284 g/mol. The van der Waals surface area contributed by atoms with Crippen molar-refractivity contribution >= 4 is 24.1 Å². The summed E-state index contributed by atoms with van der Waals surface area (Å²) in [5.41, 5.74) is 3.73. The number of fused-ring (bicyclic) bond motifs is 1. The number of hydrogen-bond donors (Lipinski definition) is 2. The molecule has 0 saturated carbocycles. The largest absolute Gasteiger partial charge is 0.481 e. The van der Waals surface area contributed by atoms with Crippen LogP contribution in [0.5, 0.6) is 0 Å². The van der Waals surface area contributed by atoms with E-state index in [9.17, 15) is 4.79 Å². The van der Waals surface area contributed by atoms with Crippen molar-refractivity contribution in [2.75, 3.05) is 11.9 Å². The highest BCUT2D eigenvalue weighted by Gasteiger charge is 2.18. The molecular formula is C15H22ClNO2. The molecule has 1 atom stereocenters. The average Bonchev–Trinajstić information content (AvgIpc) is 2.81. The summed E-state index contributed by atoms with van der Waals surface area (Å²) in [5.74, 6) is -0.539. The third-order valence-electron chi connectivity index (χ3n) is 3.64. The highest BCUT2D eigenvalue weighted by atomic mass is 35.5. The van der Waals surface area contributed by atoms with Gasteiger partial charge in [-0.2, -0.15) is 0 Å². The van der Waals surface area contributed by atoms with Crippen LogP contribution in [-0.4, -0.2) is 17.6 Å². The van der Waals surface area contributed by atoms with E-state index >= 15 is 0 Å². The number of carboxylic acids is 1. The van der Waals surface area contributed by atoms with Crippen LogP contribution in [-0.2, 0) is 11.2 Å². The number of halogens is 1. The van der Waals surface area contributed by atoms with Crippen LogP contribution in [0.2, 0.25) is 0 Å². The molecule has 0 radical (unpaired) electrons. The van der Waals surface area contributed by atoms with Gasteiger partial charge in [-0.05, 0) is 36.0 Å². The Morgan fingerprint density at radius 1 is 1.47 bits per heavy atom. The predicted octanol–water partition coefficient (Wildman–Crippen LogP) is 3.82. The molecule has 0 unspecified atom stereocenters. The second-order valence-electron chi connectivity index (χ2n) is 5.03. The van der Waals surface area contributed by atoms with E-state index in [4.69, 9.17) is 5.11 Å². The summed E-state index contributed by atoms with van der Waals surface area (Å²) >= 11 is 0. The number of hydrogen-bond acceptors (Lipinski definition) is 2. The maximum Gasteiger partial charge on any atom is 0.303 e. The lowest BCUT2D eigenvalue weighted by atomic mass is 9.89. The molecular weight excluding hydrogens is 262 g/mol. The Hall–Kier alpha value is -1.22. The zero-order valence-corrected chi connectivity index (χ0v) is 12.1. The van der Waals surface area contributed by atoms with E-state index in [1.807, 2.05) is 0 Å². The molecule has 1 aliphatic rings. The molecule has 0 saturated heterocycles. The third kappa shape index (κ3) is 4.13. The van der Waals surface area contributed by atoms with Crippen molar-refractivity contribution in [3.8, 4) is 0 Å². The first-order chi connectivity index (χ1) is 8.70. The van der Waals surface area contributed by atoms with Gasteiger partial charge in [0, 0.05) is 12.2 Å². The number of anilines is 1. The van der Waals surface area contributed by atoms with Crippen molar-refractivity contribution in [1.29, 1.82) is 0 Å². The Kier molecular flexibility index (Phi) is 6.16. The highest BCUT2D eigenvalue weighted by Crippen LogP contribution is 2.31. The molecule has 0 amide bonds. The second kappa shape index (κ2) is 7.39. The van der Waals surface area contributed by atoms with Gasteiger partial charge in [0.2, 0.25) is 0 Å². The maximum atomic E-state index is 11.0. The minimum atomic E-state index is -0.699. The molecule has 1 aliphatic heterocycles. The Bertz CT molecular complexity index is 434. The third-order valence-corrected chi connectivity index (χ3v) is 3.64. The zero-order valence-electron chi connectivity index (χ0n) is 11.3. The van der Waals surface area contributed by atoms with Crippen molar-refractivity contribution in [2.24, 2.45) is 0 Å². The van der Waals surface area contributed by atoms with Crippen LogP contribution in [0.4, 0.5) is 5.69 Å². The van der Waals surface area contributed by atoms with Crippen LogP contribution in [0.1, 0.15) is 49.7 Å². The van der Waals surface area contributed by atoms with E-state index in [-0.39, 0.29) is 24.7 Å². The van der Waals surface area contributed by atoms with Crippen molar-refractivity contribution < 1.29 is 9.90 Å². The first-order valence-electron chi connectivity index (χ1n) is 6.79. The van der Waals surface area contributed by atoms with Gasteiger partial charge < -0.3 is 10.4 Å². The lowest BCUT2D eigenvalue weighted by molar-refractivity contribution is -0.137. The summed E-state index contributed by atoms with van der Waals surface area (Å²) in [6.07, 6.45) is 4.47. The van der Waals surface area contributed by atoms with Crippen LogP contribution in [0.15, 0.2) is 18.2 Å². The standard InChI is InChI=1S/C15H21NO2.ClH/c1-2-3-4-11(10-15(17)18)12-5-6-14-13(9-12)7-8-16-14;/h5-6,9,11,16H,2-4,7-8,10H2,1H3,(H,17,18);1H/t11-;/m1./s1. The van der Waals surface area contributed by atoms with Crippen LogP contribution in [0.3, 0.4) is 0 Å². The van der Waals surface area contributed by atoms with Crippen LogP contribution >= 0.6 is 12.4 Å². The lowest BCUT2D eigenvalue weighted by Crippen LogP contribution is -2.07. The van der Waals surface area contributed by atoms with Gasteiger partial charge >= 0.3 is 5.97 Å². The van der Waals surface area contributed by atoms with E-state index in [1.165, 1.54) is 16.8 Å². The molecule has 0 bridgehead atoms. The van der Waals surface area contributed by atoms with E-state index in [0.29, 0.717) is 0 Å². The molecule has 4 heteroatoms. The zero-order chi connectivity index (χ0) is 13.0. The Labute approximate surface area is 120 Å². The monoisotopic (exact) mass is 283 g/mol. The van der Waals surface area contributed by atoms with Crippen molar-refractivity contribution in [3.63, 3.8) is 0 Å². The minimum Gasteiger partial charge on any atom is -0.481 e. The fourth-order valence-electron chi connectivity index (χ4n) is 2.63. The van der Waals surface area contributed by atoms with E-state index in [0.717, 1.165) is 32.2 Å². The van der Waals surface area contributed by atoms with Gasteiger partial charge in [0.1, 0.15) is 0 Å². The topological polar surface area (TPSA) is 49.3 Å². The minimum absolute atomic E-state index is 0. The maximum absolute atomic E-state index is 11.0. The van der Waals surface area contributed by atoms with Gasteiger partial charge in [0.05, 0.1) is 6.42 Å². The Morgan fingerprint density at radius 3 is 2.95 bits per heavy atom. The Morgan fingerprint density at radius 2 is 2.26 bits per heavy atom. The fraction of sp³-hybridized carbons (Fsp3) is 0.533. The molecule has 0 aliphatic carbocycles. The van der Waals surface area contributed by atoms with E-state index in [1.54, 1.807) is 0 Å². The predicted molar refractivity (Wildman–Crippen MR) is 80.4 cm³/mol. The molecule has 3 nitrogen and oxygen atoms in total. The molecule has 1 heterocycles. The van der Waals surface area contributed by atoms with Crippen molar-refractivity contribution in [1.82, 2.24) is 0 Å². The Balaban J connectivity index is 0.00000180.